The minimum Gasteiger partial charge on any atom is -0.384 e. The largest absolute Gasteiger partial charge is 0.417 e. The van der Waals surface area contributed by atoms with E-state index in [9.17, 15) is 13.2 Å². The molecule has 108 valence electrons. The third-order valence-corrected chi connectivity index (χ3v) is 5.18. The summed E-state index contributed by atoms with van der Waals surface area (Å²) in [6, 6.07) is 5.35. The van der Waals surface area contributed by atoms with Crippen molar-refractivity contribution in [1.82, 2.24) is 0 Å². The van der Waals surface area contributed by atoms with Gasteiger partial charge in [-0.25, -0.2) is 0 Å². The van der Waals surface area contributed by atoms with Crippen LogP contribution in [0.3, 0.4) is 0 Å². The summed E-state index contributed by atoms with van der Waals surface area (Å²) in [5.41, 5.74) is -0.806. The van der Waals surface area contributed by atoms with Crippen molar-refractivity contribution in [3.63, 3.8) is 0 Å². The minimum atomic E-state index is -4.50. The fraction of sp³-hybridized carbons (Fsp3) is 0.500. The van der Waals surface area contributed by atoms with Gasteiger partial charge in [0.05, 0.1) is 17.2 Å². The van der Waals surface area contributed by atoms with E-state index in [1.54, 1.807) is 17.8 Å². The van der Waals surface area contributed by atoms with E-state index >= 15 is 0 Å². The van der Waals surface area contributed by atoms with Crippen LogP contribution in [-0.4, -0.2) is 17.5 Å². The molecule has 2 nitrogen and oxygen atoms in total. The number of anilines is 1. The molecule has 0 saturated heterocycles. The molecular weight excluding hydrogens is 285 g/mol. The number of rotatable bonds is 4. The Kier molecular flexibility index (Phi) is 4.19. The van der Waals surface area contributed by atoms with E-state index in [-0.39, 0.29) is 10.3 Å². The van der Waals surface area contributed by atoms with Gasteiger partial charge in [-0.1, -0.05) is 6.42 Å². The van der Waals surface area contributed by atoms with Gasteiger partial charge >= 0.3 is 6.18 Å². The van der Waals surface area contributed by atoms with Gasteiger partial charge < -0.3 is 5.32 Å². The topological polar surface area (TPSA) is 35.8 Å². The van der Waals surface area contributed by atoms with E-state index in [1.165, 1.54) is 18.6 Å². The zero-order chi connectivity index (χ0) is 14.8. The van der Waals surface area contributed by atoms with Crippen LogP contribution in [0.15, 0.2) is 18.2 Å². The van der Waals surface area contributed by atoms with Crippen molar-refractivity contribution < 1.29 is 13.2 Å². The van der Waals surface area contributed by atoms with Crippen LogP contribution in [0.2, 0.25) is 0 Å². The van der Waals surface area contributed by atoms with Gasteiger partial charge in [0.25, 0.3) is 0 Å². The highest BCUT2D eigenvalue weighted by Gasteiger charge is 2.36. The normalized spacial score (nSPS) is 17.1. The monoisotopic (exact) mass is 300 g/mol. The summed E-state index contributed by atoms with van der Waals surface area (Å²) in [6.45, 7) is 0.650. The molecule has 1 aliphatic carbocycles. The summed E-state index contributed by atoms with van der Waals surface area (Å²) in [7, 11) is 0. The van der Waals surface area contributed by atoms with Gasteiger partial charge in [-0.3, -0.25) is 0 Å². The molecule has 20 heavy (non-hydrogen) atoms. The molecule has 0 unspecified atom stereocenters. The van der Waals surface area contributed by atoms with Gasteiger partial charge in [0.15, 0.2) is 0 Å². The van der Waals surface area contributed by atoms with E-state index < -0.39 is 11.7 Å². The van der Waals surface area contributed by atoms with Crippen LogP contribution in [0.25, 0.3) is 0 Å². The first-order chi connectivity index (χ1) is 9.40. The highest BCUT2D eigenvalue weighted by Crippen LogP contribution is 2.43. The quantitative estimate of drug-likeness (QED) is 0.901. The first-order valence-electron chi connectivity index (χ1n) is 6.31. The summed E-state index contributed by atoms with van der Waals surface area (Å²) in [4.78, 5) is 0. The molecule has 0 spiro atoms. The van der Waals surface area contributed by atoms with Crippen LogP contribution < -0.4 is 5.32 Å². The zero-order valence-corrected chi connectivity index (χ0v) is 11.9. The molecule has 0 aliphatic heterocycles. The SMILES string of the molecule is CSC1(CNc2ccc(C#N)c(C(F)(F)F)c2)CCC1. The Morgan fingerprint density at radius 2 is 2.10 bits per heavy atom. The number of halogens is 3. The number of thioether (sulfide) groups is 1. The molecule has 0 radical (unpaired) electrons. The molecule has 0 bridgehead atoms. The number of hydrogen-bond donors (Lipinski definition) is 1. The number of nitriles is 1. The van der Waals surface area contributed by atoms with Crippen LogP contribution in [0.5, 0.6) is 0 Å². The zero-order valence-electron chi connectivity index (χ0n) is 11.0. The number of nitrogens with one attached hydrogen (secondary N) is 1. The van der Waals surface area contributed by atoms with Gasteiger partial charge in [0.1, 0.15) is 0 Å². The van der Waals surface area contributed by atoms with Crippen LogP contribution in [-0.2, 0) is 6.18 Å². The first-order valence-corrected chi connectivity index (χ1v) is 7.53. The predicted molar refractivity (Wildman–Crippen MR) is 74.7 cm³/mol. The Hall–Kier alpha value is -1.35. The molecule has 1 saturated carbocycles. The van der Waals surface area contributed by atoms with E-state index in [4.69, 9.17) is 5.26 Å². The highest BCUT2D eigenvalue weighted by molar-refractivity contribution is 8.00. The minimum absolute atomic E-state index is 0.145. The summed E-state index contributed by atoms with van der Waals surface area (Å²) in [5, 5.41) is 11.8. The Bertz CT molecular complexity index is 525. The van der Waals surface area contributed by atoms with Crippen molar-refractivity contribution in [2.24, 2.45) is 0 Å². The van der Waals surface area contributed by atoms with E-state index in [1.807, 2.05) is 6.26 Å². The smallest absolute Gasteiger partial charge is 0.384 e. The van der Waals surface area contributed by atoms with Gasteiger partial charge in [-0.2, -0.15) is 30.2 Å². The van der Waals surface area contributed by atoms with Gasteiger partial charge in [0.2, 0.25) is 0 Å². The molecule has 1 fully saturated rings. The molecule has 1 aromatic carbocycles. The molecule has 2 rings (SSSR count). The van der Waals surface area contributed by atoms with Gasteiger partial charge in [-0.15, -0.1) is 0 Å². The van der Waals surface area contributed by atoms with Gasteiger partial charge in [-0.05, 0) is 37.3 Å². The van der Waals surface area contributed by atoms with Crippen molar-refractivity contribution in [2.75, 3.05) is 18.1 Å². The van der Waals surface area contributed by atoms with Crippen molar-refractivity contribution in [3.8, 4) is 6.07 Å². The van der Waals surface area contributed by atoms with Crippen molar-refractivity contribution in [3.05, 3.63) is 29.3 Å². The second-order valence-corrected chi connectivity index (χ2v) is 6.24. The Morgan fingerprint density at radius 1 is 1.40 bits per heavy atom. The standard InChI is InChI=1S/C14H15F3N2S/c1-20-13(5-2-6-13)9-19-11-4-3-10(8-18)12(7-11)14(15,16)17/h3-4,7,19H,2,5-6,9H2,1H3. The predicted octanol–water partition coefficient (Wildman–Crippen LogP) is 4.27. The molecule has 1 aliphatic rings. The lowest BCUT2D eigenvalue weighted by Crippen LogP contribution is -2.40. The maximum Gasteiger partial charge on any atom is 0.417 e. The van der Waals surface area contributed by atoms with Crippen molar-refractivity contribution >= 4 is 17.4 Å². The Labute approximate surface area is 120 Å². The maximum atomic E-state index is 12.9. The van der Waals surface area contributed by atoms with Crippen LogP contribution in [0.4, 0.5) is 18.9 Å². The Balaban J connectivity index is 2.15. The van der Waals surface area contributed by atoms with E-state index in [0.29, 0.717) is 12.2 Å². The van der Waals surface area contributed by atoms with E-state index in [0.717, 1.165) is 18.9 Å². The van der Waals surface area contributed by atoms with Crippen LogP contribution in [0, 0.1) is 11.3 Å². The summed E-state index contributed by atoms with van der Waals surface area (Å²) >= 11 is 1.76. The van der Waals surface area contributed by atoms with Crippen molar-refractivity contribution in [2.45, 2.75) is 30.2 Å². The average Bonchev–Trinajstić information content (AvgIpc) is 2.37. The lowest BCUT2D eigenvalue weighted by atomic mass is 9.84. The fourth-order valence-corrected chi connectivity index (χ4v) is 3.19. The fourth-order valence-electron chi connectivity index (χ4n) is 2.27. The van der Waals surface area contributed by atoms with Gasteiger partial charge in [0, 0.05) is 17.0 Å². The lowest BCUT2D eigenvalue weighted by Gasteiger charge is -2.40. The van der Waals surface area contributed by atoms with Crippen LogP contribution >= 0.6 is 11.8 Å². The molecular formula is C14H15F3N2S. The Morgan fingerprint density at radius 3 is 2.55 bits per heavy atom. The number of alkyl halides is 3. The maximum absolute atomic E-state index is 12.9. The summed E-state index contributed by atoms with van der Waals surface area (Å²) in [6.07, 6.45) is 0.869. The molecule has 0 amide bonds. The molecule has 0 atom stereocenters. The first kappa shape index (κ1) is 15.0. The molecule has 1 aromatic rings. The number of nitrogens with zero attached hydrogens (tertiary/aromatic N) is 1. The highest BCUT2D eigenvalue weighted by atomic mass is 32.2. The molecule has 1 N–H and O–H groups in total. The third kappa shape index (κ3) is 3.04. The summed E-state index contributed by atoms with van der Waals surface area (Å²) in [5.74, 6) is 0. The molecule has 6 heteroatoms. The summed E-state index contributed by atoms with van der Waals surface area (Å²) < 4.78 is 38.7. The second kappa shape index (κ2) is 5.57. The third-order valence-electron chi connectivity index (χ3n) is 3.76. The molecule has 0 heterocycles. The van der Waals surface area contributed by atoms with Crippen molar-refractivity contribution in [1.29, 1.82) is 5.26 Å². The number of hydrogen-bond acceptors (Lipinski definition) is 3. The average molecular weight is 300 g/mol. The molecule has 0 aromatic heterocycles. The van der Waals surface area contributed by atoms with Crippen LogP contribution in [0.1, 0.15) is 30.4 Å². The van der Waals surface area contributed by atoms with E-state index in [2.05, 4.69) is 5.32 Å². The number of benzene rings is 1. The lowest BCUT2D eigenvalue weighted by molar-refractivity contribution is -0.137. The second-order valence-electron chi connectivity index (χ2n) is 4.96.